The highest BCUT2D eigenvalue weighted by atomic mass is 79.9. The number of hydrogen-bond acceptors (Lipinski definition) is 5. The van der Waals surface area contributed by atoms with Crippen molar-refractivity contribution in [2.45, 2.75) is 13.5 Å². The first-order valence-corrected chi connectivity index (χ1v) is 8.46. The highest BCUT2D eigenvalue weighted by Gasteiger charge is 2.36. The fourth-order valence-corrected chi connectivity index (χ4v) is 3.26. The van der Waals surface area contributed by atoms with Gasteiger partial charge < -0.3 is 5.32 Å². The largest absolute Gasteiger partial charge is 0.349 e. The van der Waals surface area contributed by atoms with Gasteiger partial charge in [0, 0.05) is 9.85 Å². The van der Waals surface area contributed by atoms with Gasteiger partial charge in [0.05, 0.1) is 28.4 Å². The van der Waals surface area contributed by atoms with Crippen LogP contribution in [0.4, 0.5) is 0 Å². The average Bonchev–Trinajstić information content (AvgIpc) is 3.03. The zero-order valence-corrected chi connectivity index (χ0v) is 14.5. The van der Waals surface area contributed by atoms with E-state index in [-0.39, 0.29) is 13.1 Å². The van der Waals surface area contributed by atoms with E-state index in [1.807, 2.05) is 12.3 Å². The number of nitrogens with one attached hydrogen (secondary N) is 1. The first-order valence-electron chi connectivity index (χ1n) is 6.79. The van der Waals surface area contributed by atoms with Crippen molar-refractivity contribution in [2.75, 3.05) is 6.54 Å². The first kappa shape index (κ1) is 15.8. The molecular formula is C15H12BrN3O3S. The monoisotopic (exact) mass is 393 g/mol. The summed E-state index contributed by atoms with van der Waals surface area (Å²) in [5, 5.41) is 5.44. The van der Waals surface area contributed by atoms with Crippen LogP contribution in [0.3, 0.4) is 0 Å². The molecule has 0 aliphatic carbocycles. The third-order valence-electron chi connectivity index (χ3n) is 3.37. The Kier molecular flexibility index (Phi) is 4.27. The van der Waals surface area contributed by atoms with Crippen LogP contribution in [0, 0.1) is 6.92 Å². The summed E-state index contributed by atoms with van der Waals surface area (Å²) in [6.07, 6.45) is 0. The third kappa shape index (κ3) is 3.18. The summed E-state index contributed by atoms with van der Waals surface area (Å²) in [4.78, 5) is 41.7. The number of aryl methyl sites for hydroxylation is 1. The lowest BCUT2D eigenvalue weighted by Crippen LogP contribution is -2.40. The summed E-state index contributed by atoms with van der Waals surface area (Å²) < 4.78 is 0.711. The molecule has 1 N–H and O–H groups in total. The number of amides is 3. The molecule has 1 aliphatic rings. The Hall–Kier alpha value is -2.06. The summed E-state index contributed by atoms with van der Waals surface area (Å²) in [6.45, 7) is 1.86. The standard InChI is InChI=1S/C15H12BrN3O3S/c1-8-18-10(7-23-8)5-17-13(20)6-19-14(21)11-3-2-9(16)4-12(11)15(19)22/h2-4,7H,5-6H2,1H3,(H,17,20). The van der Waals surface area contributed by atoms with E-state index in [9.17, 15) is 14.4 Å². The Morgan fingerprint density at radius 1 is 1.30 bits per heavy atom. The number of halogens is 1. The molecule has 0 unspecified atom stereocenters. The molecule has 23 heavy (non-hydrogen) atoms. The Labute approximate surface area is 144 Å². The maximum Gasteiger partial charge on any atom is 0.262 e. The molecule has 0 fully saturated rings. The molecule has 0 saturated heterocycles. The van der Waals surface area contributed by atoms with Gasteiger partial charge in [-0.1, -0.05) is 15.9 Å². The van der Waals surface area contributed by atoms with Crippen molar-refractivity contribution in [3.05, 3.63) is 49.9 Å². The second kappa shape index (κ2) is 6.21. The van der Waals surface area contributed by atoms with Gasteiger partial charge in [-0.15, -0.1) is 11.3 Å². The Bertz CT molecular complexity index is 818. The zero-order valence-electron chi connectivity index (χ0n) is 12.1. The Balaban J connectivity index is 1.65. The van der Waals surface area contributed by atoms with Crippen LogP contribution in [0.15, 0.2) is 28.1 Å². The molecule has 0 saturated carbocycles. The molecule has 8 heteroatoms. The number of rotatable bonds is 4. The van der Waals surface area contributed by atoms with E-state index >= 15 is 0 Å². The van der Waals surface area contributed by atoms with Crippen molar-refractivity contribution >= 4 is 45.0 Å². The van der Waals surface area contributed by atoms with Crippen molar-refractivity contribution in [1.29, 1.82) is 0 Å². The molecule has 1 aromatic carbocycles. The van der Waals surface area contributed by atoms with E-state index in [0.717, 1.165) is 15.6 Å². The van der Waals surface area contributed by atoms with Gasteiger partial charge in [-0.25, -0.2) is 4.98 Å². The molecule has 2 heterocycles. The van der Waals surface area contributed by atoms with Crippen molar-refractivity contribution < 1.29 is 14.4 Å². The minimum atomic E-state index is -0.453. The normalized spacial score (nSPS) is 13.4. The van der Waals surface area contributed by atoms with Crippen LogP contribution >= 0.6 is 27.3 Å². The van der Waals surface area contributed by atoms with Crippen LogP contribution in [0.2, 0.25) is 0 Å². The van der Waals surface area contributed by atoms with Crippen LogP contribution in [-0.4, -0.2) is 34.2 Å². The van der Waals surface area contributed by atoms with Gasteiger partial charge >= 0.3 is 0 Å². The number of thiazole rings is 1. The molecule has 1 aliphatic heterocycles. The van der Waals surface area contributed by atoms with E-state index in [1.165, 1.54) is 11.3 Å². The van der Waals surface area contributed by atoms with Crippen molar-refractivity contribution in [3.8, 4) is 0 Å². The highest BCUT2D eigenvalue weighted by Crippen LogP contribution is 2.25. The van der Waals surface area contributed by atoms with Crippen LogP contribution in [0.5, 0.6) is 0 Å². The Morgan fingerprint density at radius 2 is 2.04 bits per heavy atom. The second-order valence-electron chi connectivity index (χ2n) is 5.02. The van der Waals surface area contributed by atoms with E-state index < -0.39 is 17.7 Å². The molecular weight excluding hydrogens is 382 g/mol. The average molecular weight is 394 g/mol. The van der Waals surface area contributed by atoms with Gasteiger partial charge in [0.15, 0.2) is 0 Å². The highest BCUT2D eigenvalue weighted by molar-refractivity contribution is 9.10. The second-order valence-corrected chi connectivity index (χ2v) is 7.00. The predicted molar refractivity (Wildman–Crippen MR) is 88.2 cm³/mol. The quantitative estimate of drug-likeness (QED) is 0.806. The topological polar surface area (TPSA) is 79.4 Å². The fraction of sp³-hybridized carbons (Fsp3) is 0.200. The lowest BCUT2D eigenvalue weighted by molar-refractivity contribution is -0.121. The van der Waals surface area contributed by atoms with Gasteiger partial charge in [0.2, 0.25) is 5.91 Å². The summed E-state index contributed by atoms with van der Waals surface area (Å²) in [5.41, 5.74) is 1.39. The molecule has 0 atom stereocenters. The van der Waals surface area contributed by atoms with E-state index in [1.54, 1.807) is 18.2 Å². The van der Waals surface area contributed by atoms with Crippen molar-refractivity contribution in [1.82, 2.24) is 15.2 Å². The molecule has 0 bridgehead atoms. The minimum Gasteiger partial charge on any atom is -0.349 e. The van der Waals surface area contributed by atoms with E-state index in [0.29, 0.717) is 15.6 Å². The van der Waals surface area contributed by atoms with E-state index in [4.69, 9.17) is 0 Å². The molecule has 1 aromatic heterocycles. The van der Waals surface area contributed by atoms with Gasteiger partial charge in [-0.2, -0.15) is 0 Å². The number of nitrogens with zero attached hydrogens (tertiary/aromatic N) is 2. The van der Waals surface area contributed by atoms with Crippen molar-refractivity contribution in [3.63, 3.8) is 0 Å². The molecule has 3 rings (SSSR count). The third-order valence-corrected chi connectivity index (χ3v) is 4.68. The predicted octanol–water partition coefficient (Wildman–Crippen LogP) is 2.13. The SMILES string of the molecule is Cc1nc(CNC(=O)CN2C(=O)c3ccc(Br)cc3C2=O)cs1. The number of fused-ring (bicyclic) bond motifs is 1. The Morgan fingerprint density at radius 3 is 2.74 bits per heavy atom. The smallest absolute Gasteiger partial charge is 0.262 e. The van der Waals surface area contributed by atoms with Gasteiger partial charge in [0.1, 0.15) is 6.54 Å². The summed E-state index contributed by atoms with van der Waals surface area (Å²) in [7, 11) is 0. The van der Waals surface area contributed by atoms with E-state index in [2.05, 4.69) is 26.2 Å². The number of carbonyl (C=O) groups excluding carboxylic acids is 3. The number of carbonyl (C=O) groups is 3. The van der Waals surface area contributed by atoms with Crippen molar-refractivity contribution in [2.24, 2.45) is 0 Å². The number of aromatic nitrogens is 1. The molecule has 6 nitrogen and oxygen atoms in total. The number of imide groups is 1. The first-order chi connectivity index (χ1) is 11.0. The summed E-state index contributed by atoms with van der Waals surface area (Å²) >= 11 is 4.77. The minimum absolute atomic E-state index is 0.276. The molecule has 2 aromatic rings. The van der Waals surface area contributed by atoms with Crippen LogP contribution < -0.4 is 5.32 Å². The number of benzene rings is 1. The molecule has 0 spiro atoms. The molecule has 0 radical (unpaired) electrons. The zero-order chi connectivity index (χ0) is 16.6. The van der Waals surface area contributed by atoms with Gasteiger partial charge in [-0.3, -0.25) is 19.3 Å². The molecule has 3 amide bonds. The summed E-state index contributed by atoms with van der Waals surface area (Å²) in [6, 6.07) is 4.86. The lowest BCUT2D eigenvalue weighted by atomic mass is 10.1. The van der Waals surface area contributed by atoms with Gasteiger partial charge in [-0.05, 0) is 25.1 Å². The summed E-state index contributed by atoms with van der Waals surface area (Å²) in [5.74, 6) is -1.30. The maximum atomic E-state index is 12.3. The number of hydrogen-bond donors (Lipinski definition) is 1. The maximum absolute atomic E-state index is 12.3. The van der Waals surface area contributed by atoms with Gasteiger partial charge in [0.25, 0.3) is 11.8 Å². The van der Waals surface area contributed by atoms with Crippen LogP contribution in [-0.2, 0) is 11.3 Å². The van der Waals surface area contributed by atoms with Crippen LogP contribution in [0.25, 0.3) is 0 Å². The fourth-order valence-electron chi connectivity index (χ4n) is 2.28. The molecule has 118 valence electrons. The van der Waals surface area contributed by atoms with Crippen LogP contribution in [0.1, 0.15) is 31.4 Å². The lowest BCUT2D eigenvalue weighted by Gasteiger charge is -2.13.